The molecule has 2 atom stereocenters. The third-order valence-electron chi connectivity index (χ3n) is 5.11. The molecule has 2 aliphatic heterocycles. The van der Waals surface area contributed by atoms with Crippen molar-refractivity contribution < 1.29 is 19.1 Å². The van der Waals surface area contributed by atoms with Gasteiger partial charge in [0.15, 0.2) is 0 Å². The fourth-order valence-corrected chi connectivity index (χ4v) is 3.79. The summed E-state index contributed by atoms with van der Waals surface area (Å²) in [5.41, 5.74) is 1.51. The van der Waals surface area contributed by atoms with E-state index in [1.165, 1.54) is 0 Å². The molecule has 0 aliphatic carbocycles. The molecule has 5 nitrogen and oxygen atoms in total. The van der Waals surface area contributed by atoms with Crippen LogP contribution in [0, 0.1) is 5.92 Å². The highest BCUT2D eigenvalue weighted by Crippen LogP contribution is 2.35. The average Bonchev–Trinajstić information content (AvgIpc) is 3.30. The van der Waals surface area contributed by atoms with Gasteiger partial charge in [0, 0.05) is 12.6 Å². The van der Waals surface area contributed by atoms with Gasteiger partial charge in [0.2, 0.25) is 0 Å². The highest BCUT2D eigenvalue weighted by Gasteiger charge is 2.44. The second kappa shape index (κ2) is 7.76. The molecule has 0 amide bonds. The van der Waals surface area contributed by atoms with E-state index in [4.69, 9.17) is 9.47 Å². The fourth-order valence-electron chi connectivity index (χ4n) is 3.79. The summed E-state index contributed by atoms with van der Waals surface area (Å²) in [6.45, 7) is 1.81. The summed E-state index contributed by atoms with van der Waals surface area (Å²) in [4.78, 5) is 27.1. The molecule has 2 aromatic carbocycles. The fraction of sp³-hybridized carbons (Fsp3) is 0.273. The molecule has 2 heterocycles. The molecule has 0 N–H and O–H groups in total. The third kappa shape index (κ3) is 3.78. The molecule has 2 aliphatic rings. The van der Waals surface area contributed by atoms with Crippen molar-refractivity contribution in [1.29, 1.82) is 0 Å². The second-order valence-electron chi connectivity index (χ2n) is 6.79. The molecule has 1 saturated heterocycles. The molecule has 27 heavy (non-hydrogen) atoms. The van der Waals surface area contributed by atoms with Crippen molar-refractivity contribution in [2.75, 3.05) is 19.7 Å². The summed E-state index contributed by atoms with van der Waals surface area (Å²) >= 11 is 0. The van der Waals surface area contributed by atoms with E-state index in [0.717, 1.165) is 25.1 Å². The number of hydrogen-bond donors (Lipinski definition) is 0. The molecule has 0 unspecified atom stereocenters. The Balaban J connectivity index is 1.40. The number of hydrogen-bond acceptors (Lipinski definition) is 5. The van der Waals surface area contributed by atoms with Crippen molar-refractivity contribution in [1.82, 2.24) is 4.90 Å². The Morgan fingerprint density at radius 2 is 1.70 bits per heavy atom. The molecule has 138 valence electrons. The first-order valence-electron chi connectivity index (χ1n) is 9.14. The summed E-state index contributed by atoms with van der Waals surface area (Å²) in [6.07, 6.45) is 2.81. The number of para-hydroxylation sites is 1. The van der Waals surface area contributed by atoms with E-state index >= 15 is 0 Å². The SMILES string of the molecule is O=C(OCC1=CCN2CC[C@@H](C(=O)Oc3ccccc3)[C@H]12)c1ccccc1. The molecule has 0 spiro atoms. The van der Waals surface area contributed by atoms with Gasteiger partial charge < -0.3 is 9.47 Å². The number of esters is 2. The van der Waals surface area contributed by atoms with Crippen LogP contribution in [0.15, 0.2) is 72.3 Å². The van der Waals surface area contributed by atoms with Gasteiger partial charge in [0.05, 0.1) is 11.5 Å². The molecule has 0 aromatic heterocycles. The number of carbonyl (C=O) groups is 2. The molecule has 2 aromatic rings. The van der Waals surface area contributed by atoms with Crippen LogP contribution in [0.5, 0.6) is 5.75 Å². The van der Waals surface area contributed by atoms with Gasteiger partial charge in [-0.3, -0.25) is 9.69 Å². The van der Waals surface area contributed by atoms with Gasteiger partial charge in [0.25, 0.3) is 0 Å². The quantitative estimate of drug-likeness (QED) is 0.464. The van der Waals surface area contributed by atoms with Gasteiger partial charge in [0.1, 0.15) is 12.4 Å². The zero-order valence-corrected chi connectivity index (χ0v) is 14.9. The number of benzene rings is 2. The predicted molar refractivity (Wildman–Crippen MR) is 100 cm³/mol. The minimum atomic E-state index is -0.351. The Kier molecular flexibility index (Phi) is 5.03. The first kappa shape index (κ1) is 17.5. The first-order valence-corrected chi connectivity index (χ1v) is 9.14. The standard InChI is InChI=1S/C22H21NO4/c24-21(16-7-3-1-4-8-16)26-15-17-11-13-23-14-12-19(20(17)23)22(25)27-18-9-5-2-6-10-18/h1-11,19-20H,12-15H2/t19-,20+/m1/s1. The summed E-state index contributed by atoms with van der Waals surface area (Å²) in [7, 11) is 0. The van der Waals surface area contributed by atoms with Crippen molar-refractivity contribution in [3.8, 4) is 5.75 Å². The van der Waals surface area contributed by atoms with E-state index in [1.807, 2.05) is 24.3 Å². The molecule has 0 bridgehead atoms. The molecule has 5 heteroatoms. The van der Waals surface area contributed by atoms with Crippen molar-refractivity contribution in [2.24, 2.45) is 5.92 Å². The van der Waals surface area contributed by atoms with Crippen molar-refractivity contribution in [2.45, 2.75) is 12.5 Å². The lowest BCUT2D eigenvalue weighted by Gasteiger charge is -2.23. The topological polar surface area (TPSA) is 55.8 Å². The largest absolute Gasteiger partial charge is 0.458 e. The van der Waals surface area contributed by atoms with Crippen LogP contribution in [0.4, 0.5) is 0 Å². The summed E-state index contributed by atoms with van der Waals surface area (Å²) in [5, 5.41) is 0. The van der Waals surface area contributed by atoms with E-state index < -0.39 is 0 Å². The van der Waals surface area contributed by atoms with E-state index in [0.29, 0.717) is 11.3 Å². The van der Waals surface area contributed by atoms with Crippen molar-refractivity contribution >= 4 is 11.9 Å². The van der Waals surface area contributed by atoms with Crippen LogP contribution in [0.1, 0.15) is 16.8 Å². The van der Waals surface area contributed by atoms with E-state index in [-0.39, 0.29) is 30.5 Å². The van der Waals surface area contributed by atoms with Gasteiger partial charge >= 0.3 is 11.9 Å². The number of fused-ring (bicyclic) bond motifs is 1. The van der Waals surface area contributed by atoms with Crippen LogP contribution in [0.25, 0.3) is 0 Å². The van der Waals surface area contributed by atoms with E-state index in [9.17, 15) is 9.59 Å². The minimum absolute atomic E-state index is 0.0511. The van der Waals surface area contributed by atoms with Crippen LogP contribution < -0.4 is 4.74 Å². The lowest BCUT2D eigenvalue weighted by Crippen LogP contribution is -2.36. The maximum Gasteiger partial charge on any atom is 0.338 e. The summed E-state index contributed by atoms with van der Waals surface area (Å²) in [5.74, 6) is -0.262. The highest BCUT2D eigenvalue weighted by atomic mass is 16.5. The van der Waals surface area contributed by atoms with Gasteiger partial charge in [-0.2, -0.15) is 0 Å². The van der Waals surface area contributed by atoms with Crippen LogP contribution in [-0.4, -0.2) is 42.6 Å². The van der Waals surface area contributed by atoms with Crippen LogP contribution in [-0.2, 0) is 9.53 Å². The zero-order chi connectivity index (χ0) is 18.6. The van der Waals surface area contributed by atoms with Crippen LogP contribution in [0.3, 0.4) is 0 Å². The summed E-state index contributed by atoms with van der Waals surface area (Å²) < 4.78 is 11.0. The molecular weight excluding hydrogens is 342 g/mol. The van der Waals surface area contributed by atoms with E-state index in [1.54, 1.807) is 36.4 Å². The molecular formula is C22H21NO4. The Labute approximate surface area is 158 Å². The number of ether oxygens (including phenoxy) is 2. The second-order valence-corrected chi connectivity index (χ2v) is 6.79. The third-order valence-corrected chi connectivity index (χ3v) is 5.11. The normalized spacial score (nSPS) is 21.4. The van der Waals surface area contributed by atoms with Crippen molar-refractivity contribution in [3.05, 3.63) is 77.9 Å². The molecule has 0 radical (unpaired) electrons. The maximum absolute atomic E-state index is 12.7. The number of nitrogens with zero attached hydrogens (tertiary/aromatic N) is 1. The van der Waals surface area contributed by atoms with Crippen LogP contribution >= 0.6 is 0 Å². The lowest BCUT2D eigenvalue weighted by molar-refractivity contribution is -0.139. The van der Waals surface area contributed by atoms with Crippen LogP contribution in [0.2, 0.25) is 0 Å². The smallest absolute Gasteiger partial charge is 0.338 e. The van der Waals surface area contributed by atoms with Crippen molar-refractivity contribution in [3.63, 3.8) is 0 Å². The zero-order valence-electron chi connectivity index (χ0n) is 14.9. The van der Waals surface area contributed by atoms with E-state index in [2.05, 4.69) is 11.0 Å². The van der Waals surface area contributed by atoms with Gasteiger partial charge in [-0.1, -0.05) is 42.5 Å². The Bertz CT molecular complexity index is 847. The van der Waals surface area contributed by atoms with Gasteiger partial charge in [-0.15, -0.1) is 0 Å². The Morgan fingerprint density at radius 3 is 2.44 bits per heavy atom. The summed E-state index contributed by atoms with van der Waals surface area (Å²) in [6, 6.07) is 18.0. The Morgan fingerprint density at radius 1 is 1.00 bits per heavy atom. The predicted octanol–water partition coefficient (Wildman–Crippen LogP) is 3.08. The molecule has 0 saturated carbocycles. The highest BCUT2D eigenvalue weighted by molar-refractivity contribution is 5.89. The molecule has 4 rings (SSSR count). The average molecular weight is 363 g/mol. The maximum atomic E-state index is 12.7. The molecule has 1 fully saturated rings. The first-order chi connectivity index (χ1) is 13.2. The van der Waals surface area contributed by atoms with Gasteiger partial charge in [-0.05, 0) is 42.8 Å². The monoisotopic (exact) mass is 363 g/mol. The van der Waals surface area contributed by atoms with Gasteiger partial charge in [-0.25, -0.2) is 4.79 Å². The number of carbonyl (C=O) groups excluding carboxylic acids is 2. The number of rotatable bonds is 5. The minimum Gasteiger partial charge on any atom is -0.458 e. The Hall–Kier alpha value is -2.92. The lowest BCUT2D eigenvalue weighted by atomic mass is 9.95.